The van der Waals surface area contributed by atoms with Crippen LogP contribution in [0.4, 0.5) is 0 Å². The minimum absolute atomic E-state index is 0.468. The number of hydrogen-bond donors (Lipinski definition) is 2. The van der Waals surface area contributed by atoms with Gasteiger partial charge in [-0.2, -0.15) is 12.6 Å². The largest absolute Gasteiger partial charge is 0.328 e. The first-order valence-electron chi connectivity index (χ1n) is 3.69. The molecular weight excluding hydrogens is 130 g/mol. The van der Waals surface area contributed by atoms with Crippen molar-refractivity contribution in [3.8, 4) is 0 Å². The number of nitrogens with two attached hydrogens (primary N) is 1. The van der Waals surface area contributed by atoms with Crippen molar-refractivity contribution in [2.45, 2.75) is 31.7 Å². The molecule has 0 spiro atoms. The van der Waals surface area contributed by atoms with Crippen molar-refractivity contribution in [2.75, 3.05) is 5.75 Å². The van der Waals surface area contributed by atoms with E-state index in [-0.39, 0.29) is 0 Å². The summed E-state index contributed by atoms with van der Waals surface area (Å²) in [7, 11) is 0. The van der Waals surface area contributed by atoms with Crippen LogP contribution in [0.3, 0.4) is 0 Å². The monoisotopic (exact) mass is 145 g/mol. The summed E-state index contributed by atoms with van der Waals surface area (Å²) in [5, 5.41) is 0. The number of thiol groups is 1. The first kappa shape index (κ1) is 7.42. The van der Waals surface area contributed by atoms with E-state index in [1.165, 1.54) is 25.7 Å². The minimum Gasteiger partial charge on any atom is -0.328 e. The quantitative estimate of drug-likeness (QED) is 0.536. The fourth-order valence-electron chi connectivity index (χ4n) is 1.50. The number of rotatable bonds is 1. The van der Waals surface area contributed by atoms with Gasteiger partial charge in [-0.1, -0.05) is 6.42 Å². The molecule has 2 atom stereocenters. The van der Waals surface area contributed by atoms with Gasteiger partial charge < -0.3 is 5.73 Å². The number of hydrogen-bond acceptors (Lipinski definition) is 2. The summed E-state index contributed by atoms with van der Waals surface area (Å²) in [6.45, 7) is 0. The van der Waals surface area contributed by atoms with Crippen LogP contribution in [0.2, 0.25) is 0 Å². The van der Waals surface area contributed by atoms with Gasteiger partial charge >= 0.3 is 0 Å². The summed E-state index contributed by atoms with van der Waals surface area (Å²) in [6.07, 6.45) is 5.08. The Morgan fingerprint density at radius 3 is 2.67 bits per heavy atom. The van der Waals surface area contributed by atoms with Gasteiger partial charge in [-0.3, -0.25) is 0 Å². The van der Waals surface area contributed by atoms with Gasteiger partial charge in [0, 0.05) is 6.04 Å². The molecule has 1 rings (SSSR count). The average molecular weight is 145 g/mol. The first-order chi connectivity index (χ1) is 4.33. The maximum absolute atomic E-state index is 5.77. The third kappa shape index (κ3) is 2.18. The lowest BCUT2D eigenvalue weighted by atomic mass is 9.87. The summed E-state index contributed by atoms with van der Waals surface area (Å²) in [5.41, 5.74) is 5.77. The van der Waals surface area contributed by atoms with Crippen LogP contribution in [-0.4, -0.2) is 11.8 Å². The highest BCUT2D eigenvalue weighted by molar-refractivity contribution is 7.80. The standard InChI is InChI=1S/C7H15NS/c8-7-3-1-2-6(4-7)5-9/h6-7,9H,1-5,8H2/t6-,7-/m0/s1. The van der Waals surface area contributed by atoms with Gasteiger partial charge in [-0.15, -0.1) is 0 Å². The molecule has 1 saturated carbocycles. The van der Waals surface area contributed by atoms with E-state index < -0.39 is 0 Å². The van der Waals surface area contributed by atoms with E-state index in [0.717, 1.165) is 11.7 Å². The van der Waals surface area contributed by atoms with Crippen molar-refractivity contribution < 1.29 is 0 Å². The topological polar surface area (TPSA) is 26.0 Å². The van der Waals surface area contributed by atoms with Crippen LogP contribution in [0.1, 0.15) is 25.7 Å². The molecule has 0 aromatic carbocycles. The molecule has 0 aromatic heterocycles. The zero-order valence-electron chi connectivity index (χ0n) is 5.71. The Morgan fingerprint density at radius 1 is 1.44 bits per heavy atom. The molecule has 9 heavy (non-hydrogen) atoms. The van der Waals surface area contributed by atoms with Gasteiger partial charge in [0.25, 0.3) is 0 Å². The fraction of sp³-hybridized carbons (Fsp3) is 1.00. The second kappa shape index (κ2) is 3.47. The molecule has 1 fully saturated rings. The van der Waals surface area contributed by atoms with E-state index in [1.54, 1.807) is 0 Å². The first-order valence-corrected chi connectivity index (χ1v) is 4.32. The van der Waals surface area contributed by atoms with Crippen molar-refractivity contribution in [1.29, 1.82) is 0 Å². The minimum atomic E-state index is 0.468. The van der Waals surface area contributed by atoms with Crippen LogP contribution in [0.15, 0.2) is 0 Å². The van der Waals surface area contributed by atoms with Crippen molar-refractivity contribution in [3.05, 3.63) is 0 Å². The molecule has 0 saturated heterocycles. The van der Waals surface area contributed by atoms with Crippen LogP contribution in [0.5, 0.6) is 0 Å². The SMILES string of the molecule is N[C@H]1CCC[C@H](CS)C1. The highest BCUT2D eigenvalue weighted by Crippen LogP contribution is 2.23. The summed E-state index contributed by atoms with van der Waals surface area (Å²) >= 11 is 4.25. The molecule has 2 heteroatoms. The van der Waals surface area contributed by atoms with Crippen molar-refractivity contribution >= 4 is 12.6 Å². The van der Waals surface area contributed by atoms with Gasteiger partial charge in [0.15, 0.2) is 0 Å². The lowest BCUT2D eigenvalue weighted by Crippen LogP contribution is -2.28. The molecule has 1 nitrogen and oxygen atoms in total. The predicted molar refractivity (Wildman–Crippen MR) is 43.8 cm³/mol. The molecule has 0 aromatic rings. The normalized spacial score (nSPS) is 36.7. The third-order valence-electron chi connectivity index (χ3n) is 2.08. The molecule has 0 bridgehead atoms. The highest BCUT2D eigenvalue weighted by Gasteiger charge is 2.16. The van der Waals surface area contributed by atoms with E-state index in [0.29, 0.717) is 6.04 Å². The fourth-order valence-corrected chi connectivity index (χ4v) is 1.83. The maximum atomic E-state index is 5.77. The summed E-state index contributed by atoms with van der Waals surface area (Å²) in [5.74, 6) is 1.82. The average Bonchev–Trinajstić information content (AvgIpc) is 1.88. The molecule has 2 N–H and O–H groups in total. The summed E-state index contributed by atoms with van der Waals surface area (Å²) < 4.78 is 0. The zero-order chi connectivity index (χ0) is 6.69. The van der Waals surface area contributed by atoms with Crippen LogP contribution < -0.4 is 5.73 Å². The maximum Gasteiger partial charge on any atom is 0.00417 e. The Labute approximate surface area is 62.4 Å². The molecule has 0 unspecified atom stereocenters. The van der Waals surface area contributed by atoms with Crippen LogP contribution in [0.25, 0.3) is 0 Å². The lowest BCUT2D eigenvalue weighted by Gasteiger charge is -2.24. The molecule has 0 radical (unpaired) electrons. The van der Waals surface area contributed by atoms with Crippen LogP contribution in [-0.2, 0) is 0 Å². The molecule has 0 amide bonds. The van der Waals surface area contributed by atoms with E-state index in [9.17, 15) is 0 Å². The van der Waals surface area contributed by atoms with E-state index in [1.807, 2.05) is 0 Å². The molecule has 1 aliphatic carbocycles. The van der Waals surface area contributed by atoms with Gasteiger partial charge in [0.1, 0.15) is 0 Å². The van der Waals surface area contributed by atoms with Gasteiger partial charge in [0.05, 0.1) is 0 Å². The third-order valence-corrected chi connectivity index (χ3v) is 2.60. The summed E-state index contributed by atoms with van der Waals surface area (Å²) in [4.78, 5) is 0. The van der Waals surface area contributed by atoms with Gasteiger partial charge in [-0.05, 0) is 30.9 Å². The van der Waals surface area contributed by atoms with Crippen LogP contribution >= 0.6 is 12.6 Å². The van der Waals surface area contributed by atoms with Gasteiger partial charge in [-0.25, -0.2) is 0 Å². The summed E-state index contributed by atoms with van der Waals surface area (Å²) in [6, 6.07) is 0.468. The Bertz CT molecular complexity index is 85.0. The van der Waals surface area contributed by atoms with Gasteiger partial charge in [0.2, 0.25) is 0 Å². The predicted octanol–water partition coefficient (Wildman–Crippen LogP) is 1.43. The van der Waals surface area contributed by atoms with Crippen molar-refractivity contribution in [1.82, 2.24) is 0 Å². The zero-order valence-corrected chi connectivity index (χ0v) is 6.61. The Hall–Kier alpha value is 0.310. The highest BCUT2D eigenvalue weighted by atomic mass is 32.1. The molecule has 0 aliphatic heterocycles. The smallest absolute Gasteiger partial charge is 0.00417 e. The second-order valence-electron chi connectivity index (χ2n) is 2.98. The second-order valence-corrected chi connectivity index (χ2v) is 3.34. The Balaban J connectivity index is 2.23. The van der Waals surface area contributed by atoms with Crippen LogP contribution in [0, 0.1) is 5.92 Å². The van der Waals surface area contributed by atoms with E-state index in [2.05, 4.69) is 12.6 Å². The Morgan fingerprint density at radius 2 is 2.22 bits per heavy atom. The molecule has 54 valence electrons. The molecule has 0 heterocycles. The van der Waals surface area contributed by atoms with E-state index >= 15 is 0 Å². The lowest BCUT2D eigenvalue weighted by molar-refractivity contribution is 0.349. The Kier molecular flexibility index (Phi) is 2.86. The van der Waals surface area contributed by atoms with E-state index in [4.69, 9.17) is 5.73 Å². The molecular formula is C7H15NS. The van der Waals surface area contributed by atoms with Crippen molar-refractivity contribution in [3.63, 3.8) is 0 Å². The molecule has 1 aliphatic rings. The van der Waals surface area contributed by atoms with Crippen molar-refractivity contribution in [2.24, 2.45) is 11.7 Å².